The molecule has 5 heteroatoms. The van der Waals surface area contributed by atoms with E-state index in [4.69, 9.17) is 23.8 Å². The third-order valence-corrected chi connectivity index (χ3v) is 13.6. The van der Waals surface area contributed by atoms with Gasteiger partial charge in [0, 0.05) is 43.7 Å². The Morgan fingerprint density at radius 1 is 0.339 bits per heavy atom. The van der Waals surface area contributed by atoms with Crippen molar-refractivity contribution in [3.63, 3.8) is 0 Å². The van der Waals surface area contributed by atoms with Crippen molar-refractivity contribution < 1.29 is 8.83 Å². The number of aromatic nitrogens is 3. The zero-order valence-corrected chi connectivity index (χ0v) is 33.9. The number of para-hydroxylation sites is 2. The Hall–Kier alpha value is -7.63. The predicted molar refractivity (Wildman–Crippen MR) is 251 cm³/mol. The van der Waals surface area contributed by atoms with Gasteiger partial charge in [0.1, 0.15) is 22.3 Å². The first-order valence-electron chi connectivity index (χ1n) is 21.7. The molecule has 0 unspecified atom stereocenters. The Labute approximate surface area is 358 Å². The van der Waals surface area contributed by atoms with Crippen LogP contribution in [0.25, 0.3) is 111 Å². The van der Waals surface area contributed by atoms with Crippen LogP contribution >= 0.6 is 0 Å². The molecular weight excluding hydrogens is 759 g/mol. The second-order valence-corrected chi connectivity index (χ2v) is 17.0. The van der Waals surface area contributed by atoms with E-state index in [2.05, 4.69) is 127 Å². The minimum absolute atomic E-state index is 0.128. The van der Waals surface area contributed by atoms with E-state index in [1.54, 1.807) is 0 Å². The fourth-order valence-corrected chi connectivity index (χ4v) is 10.6. The van der Waals surface area contributed by atoms with Crippen LogP contribution < -0.4 is 0 Å². The molecule has 3 heterocycles. The Morgan fingerprint density at radius 3 is 1.52 bits per heavy atom. The maximum absolute atomic E-state index is 6.29. The molecule has 2 aliphatic carbocycles. The monoisotopic (exact) mass is 797 g/mol. The highest BCUT2D eigenvalue weighted by atomic mass is 16.3. The molecule has 0 amide bonds. The number of fused-ring (bicyclic) bond motifs is 11. The van der Waals surface area contributed by atoms with Gasteiger partial charge in [-0.1, -0.05) is 153 Å². The van der Waals surface area contributed by atoms with Crippen molar-refractivity contribution in [2.45, 2.75) is 37.5 Å². The van der Waals surface area contributed by atoms with Crippen LogP contribution in [0.1, 0.15) is 43.2 Å². The predicted octanol–water partition coefficient (Wildman–Crippen LogP) is 15.2. The van der Waals surface area contributed by atoms with E-state index in [-0.39, 0.29) is 5.41 Å². The van der Waals surface area contributed by atoms with Crippen LogP contribution in [-0.2, 0) is 5.41 Å². The first-order valence-corrected chi connectivity index (χ1v) is 21.7. The smallest absolute Gasteiger partial charge is 0.164 e. The average molecular weight is 798 g/mol. The summed E-state index contributed by atoms with van der Waals surface area (Å²) in [6.07, 6.45) is 6.35. The van der Waals surface area contributed by atoms with Gasteiger partial charge < -0.3 is 8.83 Å². The van der Waals surface area contributed by atoms with E-state index < -0.39 is 0 Å². The van der Waals surface area contributed by atoms with Crippen molar-refractivity contribution in [1.82, 2.24) is 15.0 Å². The van der Waals surface area contributed by atoms with Crippen molar-refractivity contribution in [2.75, 3.05) is 0 Å². The van der Waals surface area contributed by atoms with Crippen molar-refractivity contribution >= 4 is 43.9 Å². The van der Waals surface area contributed by atoms with E-state index in [0.717, 1.165) is 66.1 Å². The van der Waals surface area contributed by atoms with E-state index >= 15 is 0 Å². The molecule has 0 bridgehead atoms. The van der Waals surface area contributed by atoms with E-state index in [9.17, 15) is 0 Å². The van der Waals surface area contributed by atoms with Crippen LogP contribution in [0.15, 0.2) is 185 Å². The molecule has 2 aliphatic rings. The van der Waals surface area contributed by atoms with E-state index in [0.29, 0.717) is 17.5 Å². The summed E-state index contributed by atoms with van der Waals surface area (Å²) in [5.74, 6) is 1.73. The largest absolute Gasteiger partial charge is 0.456 e. The first kappa shape index (κ1) is 35.2. The molecule has 0 radical (unpaired) electrons. The lowest BCUT2D eigenvalue weighted by Gasteiger charge is -2.36. The van der Waals surface area contributed by atoms with Gasteiger partial charge in [0.15, 0.2) is 17.5 Å². The van der Waals surface area contributed by atoms with Crippen molar-refractivity contribution in [1.29, 1.82) is 0 Å². The lowest BCUT2D eigenvalue weighted by Crippen LogP contribution is -2.27. The van der Waals surface area contributed by atoms with Crippen molar-refractivity contribution in [3.8, 4) is 67.5 Å². The minimum atomic E-state index is 0.128. The Balaban J connectivity index is 0.896. The van der Waals surface area contributed by atoms with Gasteiger partial charge in [0.25, 0.3) is 0 Å². The van der Waals surface area contributed by atoms with Crippen molar-refractivity contribution in [3.05, 3.63) is 187 Å². The summed E-state index contributed by atoms with van der Waals surface area (Å²) in [7, 11) is 0. The summed E-state index contributed by atoms with van der Waals surface area (Å²) in [4.78, 5) is 15.3. The van der Waals surface area contributed by atoms with E-state index in [1.807, 2.05) is 48.5 Å². The van der Waals surface area contributed by atoms with Crippen LogP contribution in [-0.4, -0.2) is 15.0 Å². The molecule has 5 nitrogen and oxygen atoms in total. The standard InChI is InChI=1S/C57H39N3O2/c1-8-30-57(31-9-1)47-18-5-2-16-46(47)53-41(17-11-19-48(53)57)38-13-10-12-37(32-38)35-22-24-36(25-23-35)54-58-55(39-26-28-44-42-14-3-6-20-49(42)61-51(44)33-39)60-56(59-54)40-27-29-45-43-15-4-7-21-50(43)62-52(45)34-40/h2-7,10-29,32-34H,1,8-9,30-31H2. The number of hydrogen-bond acceptors (Lipinski definition) is 5. The van der Waals surface area contributed by atoms with Crippen LogP contribution in [0, 0.1) is 0 Å². The fourth-order valence-electron chi connectivity index (χ4n) is 10.6. The van der Waals surface area contributed by atoms with Gasteiger partial charge in [-0.2, -0.15) is 0 Å². The molecule has 62 heavy (non-hydrogen) atoms. The topological polar surface area (TPSA) is 65.0 Å². The van der Waals surface area contributed by atoms with Gasteiger partial charge in [-0.3, -0.25) is 0 Å². The molecule has 0 N–H and O–H groups in total. The molecule has 1 saturated carbocycles. The maximum Gasteiger partial charge on any atom is 0.164 e. The molecule has 0 atom stereocenters. The number of furan rings is 2. The molecule has 13 rings (SSSR count). The van der Waals surface area contributed by atoms with Crippen LogP contribution in [0.2, 0.25) is 0 Å². The first-order chi connectivity index (χ1) is 30.7. The zero-order valence-electron chi connectivity index (χ0n) is 33.9. The van der Waals surface area contributed by atoms with Crippen molar-refractivity contribution in [2.24, 2.45) is 0 Å². The number of rotatable bonds is 5. The SMILES string of the molecule is c1cc(-c2ccc(-c3nc(-c4ccc5c(c4)oc4ccccc45)nc(-c4ccc5c(c4)oc4ccccc45)n3)cc2)cc(-c2cccc3c2-c2ccccc2C32CCCCC2)c1. The van der Waals surface area contributed by atoms with Gasteiger partial charge in [0.05, 0.1) is 0 Å². The molecular formula is C57H39N3O2. The molecule has 0 saturated heterocycles. The van der Waals surface area contributed by atoms with Crippen LogP contribution in [0.4, 0.5) is 0 Å². The molecule has 3 aromatic heterocycles. The molecule has 11 aromatic rings. The Kier molecular flexibility index (Phi) is 7.77. The number of nitrogens with zero attached hydrogens (tertiary/aromatic N) is 3. The second-order valence-electron chi connectivity index (χ2n) is 17.0. The summed E-state index contributed by atoms with van der Waals surface area (Å²) >= 11 is 0. The average Bonchev–Trinajstić information content (AvgIpc) is 3.99. The number of hydrogen-bond donors (Lipinski definition) is 0. The van der Waals surface area contributed by atoms with E-state index in [1.165, 1.54) is 71.0 Å². The van der Waals surface area contributed by atoms with Gasteiger partial charge in [-0.05, 0) is 99.8 Å². The summed E-state index contributed by atoms with van der Waals surface area (Å²) in [5.41, 5.74) is 16.7. The molecule has 8 aromatic carbocycles. The highest BCUT2D eigenvalue weighted by Crippen LogP contribution is 2.58. The third-order valence-electron chi connectivity index (χ3n) is 13.6. The summed E-state index contributed by atoms with van der Waals surface area (Å²) in [6.45, 7) is 0. The Morgan fingerprint density at radius 2 is 0.839 bits per heavy atom. The summed E-state index contributed by atoms with van der Waals surface area (Å²) < 4.78 is 12.6. The molecule has 1 spiro atoms. The fraction of sp³-hybridized carbons (Fsp3) is 0.105. The maximum atomic E-state index is 6.29. The van der Waals surface area contributed by atoms with Gasteiger partial charge in [-0.15, -0.1) is 0 Å². The van der Waals surface area contributed by atoms with Crippen LogP contribution in [0.5, 0.6) is 0 Å². The lowest BCUT2D eigenvalue weighted by molar-refractivity contribution is 0.353. The lowest BCUT2D eigenvalue weighted by atomic mass is 9.68. The minimum Gasteiger partial charge on any atom is -0.456 e. The zero-order chi connectivity index (χ0) is 40.8. The van der Waals surface area contributed by atoms with Crippen LogP contribution in [0.3, 0.4) is 0 Å². The molecule has 1 fully saturated rings. The molecule has 294 valence electrons. The summed E-state index contributed by atoms with van der Waals surface area (Å²) in [5, 5.41) is 4.29. The van der Waals surface area contributed by atoms with Gasteiger partial charge in [0.2, 0.25) is 0 Å². The van der Waals surface area contributed by atoms with Gasteiger partial charge >= 0.3 is 0 Å². The third kappa shape index (κ3) is 5.44. The molecule has 0 aliphatic heterocycles. The quantitative estimate of drug-likeness (QED) is 0.174. The number of benzene rings is 8. The summed E-state index contributed by atoms with van der Waals surface area (Å²) in [6, 6.07) is 62.4. The Bertz CT molecular complexity index is 3440. The normalized spacial score (nSPS) is 14.3. The second kappa shape index (κ2) is 13.7. The highest BCUT2D eigenvalue weighted by molar-refractivity contribution is 6.07. The van der Waals surface area contributed by atoms with Gasteiger partial charge in [-0.25, -0.2) is 15.0 Å². The highest BCUT2D eigenvalue weighted by Gasteiger charge is 2.44.